The van der Waals surface area contributed by atoms with Crippen LogP contribution in [-0.4, -0.2) is 43.9 Å². The lowest BCUT2D eigenvalue weighted by Crippen LogP contribution is -2.31. The van der Waals surface area contributed by atoms with Gasteiger partial charge in [0, 0.05) is 6.54 Å². The molecule has 0 atom stereocenters. The van der Waals surface area contributed by atoms with Gasteiger partial charge in [0.05, 0.1) is 12.3 Å². The lowest BCUT2D eigenvalue weighted by molar-refractivity contribution is -0.154. The van der Waals surface area contributed by atoms with Crippen molar-refractivity contribution in [3.63, 3.8) is 0 Å². The van der Waals surface area contributed by atoms with Crippen LogP contribution in [0.25, 0.3) is 0 Å². The molecule has 0 aromatic heterocycles. The molecule has 1 rings (SSSR count). The molecule has 1 aromatic rings. The van der Waals surface area contributed by atoms with E-state index in [0.717, 1.165) is 5.56 Å². The van der Waals surface area contributed by atoms with Gasteiger partial charge in [-0.25, -0.2) is 8.42 Å². The van der Waals surface area contributed by atoms with Crippen molar-refractivity contribution in [1.29, 1.82) is 0 Å². The number of nitrogens with one attached hydrogen (secondary N) is 1. The van der Waals surface area contributed by atoms with Crippen LogP contribution in [0.2, 0.25) is 0 Å². The highest BCUT2D eigenvalue weighted by atomic mass is 32.2. The fraction of sp³-hybridized carbons (Fsp3) is 0.600. The van der Waals surface area contributed by atoms with E-state index in [9.17, 15) is 18.0 Å². The smallest absolute Gasteiger partial charge is 0.321 e. The van der Waals surface area contributed by atoms with Crippen molar-refractivity contribution in [3.05, 3.63) is 35.4 Å². The lowest BCUT2D eigenvalue weighted by atomic mass is 10.1. The van der Waals surface area contributed by atoms with Gasteiger partial charge in [-0.1, -0.05) is 24.3 Å². The van der Waals surface area contributed by atoms with Gasteiger partial charge in [0.15, 0.2) is 9.84 Å². The van der Waals surface area contributed by atoms with Crippen LogP contribution >= 0.6 is 0 Å². The zero-order valence-electron chi connectivity index (χ0n) is 17.5. The molecule has 158 valence electrons. The third-order valence-corrected chi connectivity index (χ3v) is 4.60. The Morgan fingerprint density at radius 2 is 1.46 bits per heavy atom. The molecular weight excluding hydrogens is 382 g/mol. The number of hydrogen-bond acceptors (Lipinski definition) is 7. The Labute approximate surface area is 167 Å². The number of rotatable bonds is 8. The fourth-order valence-corrected chi connectivity index (χ4v) is 3.58. The normalized spacial score (nSPS) is 12.5. The van der Waals surface area contributed by atoms with Crippen molar-refractivity contribution in [2.24, 2.45) is 0 Å². The third-order valence-electron chi connectivity index (χ3n) is 3.15. The summed E-state index contributed by atoms with van der Waals surface area (Å²) in [6.07, 6.45) is 0. The number of carbonyl (C=O) groups is 2. The van der Waals surface area contributed by atoms with E-state index in [4.69, 9.17) is 9.47 Å². The molecule has 28 heavy (non-hydrogen) atoms. The van der Waals surface area contributed by atoms with Crippen LogP contribution in [0.4, 0.5) is 0 Å². The summed E-state index contributed by atoms with van der Waals surface area (Å²) < 4.78 is 34.8. The molecule has 1 N–H and O–H groups in total. The summed E-state index contributed by atoms with van der Waals surface area (Å²) in [6.45, 7) is 10.9. The maximum atomic E-state index is 12.3. The molecule has 1 aromatic carbocycles. The van der Waals surface area contributed by atoms with E-state index in [-0.39, 0.29) is 18.3 Å². The third kappa shape index (κ3) is 11.0. The van der Waals surface area contributed by atoms with Crippen molar-refractivity contribution in [2.75, 3.05) is 12.3 Å². The van der Waals surface area contributed by atoms with Gasteiger partial charge in [0.25, 0.3) is 0 Å². The van der Waals surface area contributed by atoms with Crippen LogP contribution in [0, 0.1) is 0 Å². The van der Waals surface area contributed by atoms with Crippen molar-refractivity contribution in [2.45, 2.75) is 65.0 Å². The van der Waals surface area contributed by atoms with Gasteiger partial charge in [0.2, 0.25) is 0 Å². The largest absolute Gasteiger partial charge is 0.459 e. The molecule has 0 spiro atoms. The Bertz CT molecular complexity index is 788. The predicted molar refractivity (Wildman–Crippen MR) is 107 cm³/mol. The molecule has 0 aliphatic carbocycles. The van der Waals surface area contributed by atoms with E-state index in [2.05, 4.69) is 5.32 Å². The van der Waals surface area contributed by atoms with E-state index in [0.29, 0.717) is 12.1 Å². The first-order valence-corrected chi connectivity index (χ1v) is 10.9. The zero-order chi connectivity index (χ0) is 21.6. The molecule has 0 aliphatic rings. The van der Waals surface area contributed by atoms with E-state index < -0.39 is 32.8 Å². The molecular formula is C20H31NO6S. The predicted octanol–water partition coefficient (Wildman–Crippen LogP) is 2.37. The average Bonchev–Trinajstić information content (AvgIpc) is 2.41. The first-order chi connectivity index (χ1) is 12.7. The quantitative estimate of drug-likeness (QED) is 0.653. The van der Waals surface area contributed by atoms with E-state index in [1.807, 2.05) is 6.07 Å². The molecule has 0 saturated carbocycles. The molecule has 8 heteroatoms. The van der Waals surface area contributed by atoms with Crippen LogP contribution in [0.1, 0.15) is 52.7 Å². The van der Waals surface area contributed by atoms with Crippen LogP contribution in [0.15, 0.2) is 24.3 Å². The molecule has 0 aliphatic heterocycles. The number of carbonyl (C=O) groups excluding carboxylic acids is 2. The molecule has 0 heterocycles. The molecule has 0 fully saturated rings. The number of esters is 2. The number of hydrogen-bond donors (Lipinski definition) is 1. The highest BCUT2D eigenvalue weighted by molar-refractivity contribution is 7.91. The summed E-state index contributed by atoms with van der Waals surface area (Å²) in [5.41, 5.74) is 0.127. The van der Waals surface area contributed by atoms with Crippen molar-refractivity contribution in [3.8, 4) is 0 Å². The Kier molecular flexibility index (Phi) is 8.19. The number of ether oxygens (including phenoxy) is 2. The molecule has 0 radical (unpaired) electrons. The fourth-order valence-electron chi connectivity index (χ4n) is 2.37. The molecule has 0 bridgehead atoms. The Hall–Kier alpha value is -1.93. The van der Waals surface area contributed by atoms with Gasteiger partial charge >= 0.3 is 11.9 Å². The minimum absolute atomic E-state index is 0.0540. The second kappa shape index (κ2) is 9.52. The second-order valence-electron chi connectivity index (χ2n) is 8.63. The molecule has 0 saturated heterocycles. The van der Waals surface area contributed by atoms with Gasteiger partial charge in [-0.2, -0.15) is 0 Å². The maximum Gasteiger partial charge on any atom is 0.321 e. The minimum atomic E-state index is -3.65. The maximum absolute atomic E-state index is 12.3. The first kappa shape index (κ1) is 24.1. The average molecular weight is 414 g/mol. The first-order valence-electron chi connectivity index (χ1n) is 9.08. The lowest BCUT2D eigenvalue weighted by Gasteiger charge is -2.19. The van der Waals surface area contributed by atoms with E-state index >= 15 is 0 Å². The number of benzene rings is 1. The summed E-state index contributed by atoms with van der Waals surface area (Å²) in [7, 11) is -3.65. The molecule has 7 nitrogen and oxygen atoms in total. The van der Waals surface area contributed by atoms with Crippen LogP contribution < -0.4 is 5.32 Å². The van der Waals surface area contributed by atoms with Gasteiger partial charge in [0.1, 0.15) is 17.0 Å². The van der Waals surface area contributed by atoms with Crippen molar-refractivity contribution < 1.29 is 27.5 Å². The summed E-state index contributed by atoms with van der Waals surface area (Å²) in [5, 5.41) is 2.97. The topological polar surface area (TPSA) is 98.8 Å². The van der Waals surface area contributed by atoms with Crippen LogP contribution in [0.5, 0.6) is 0 Å². The highest BCUT2D eigenvalue weighted by Gasteiger charge is 2.23. The van der Waals surface area contributed by atoms with Crippen molar-refractivity contribution in [1.82, 2.24) is 5.32 Å². The second-order valence-corrected chi connectivity index (χ2v) is 10.7. The van der Waals surface area contributed by atoms with Gasteiger partial charge in [-0.3, -0.25) is 9.59 Å². The van der Waals surface area contributed by atoms with Gasteiger partial charge in [-0.05, 0) is 52.7 Å². The van der Waals surface area contributed by atoms with E-state index in [1.165, 1.54) is 0 Å². The van der Waals surface area contributed by atoms with Crippen molar-refractivity contribution >= 4 is 21.8 Å². The number of sulfone groups is 1. The molecule has 0 amide bonds. The summed E-state index contributed by atoms with van der Waals surface area (Å²) in [4.78, 5) is 23.5. The van der Waals surface area contributed by atoms with E-state index in [1.54, 1.807) is 59.7 Å². The zero-order valence-corrected chi connectivity index (χ0v) is 18.3. The monoisotopic (exact) mass is 413 g/mol. The minimum Gasteiger partial charge on any atom is -0.459 e. The Balaban J connectivity index is 2.60. The van der Waals surface area contributed by atoms with Gasteiger partial charge < -0.3 is 14.8 Å². The Morgan fingerprint density at radius 3 is 2.04 bits per heavy atom. The molecule has 0 unspecified atom stereocenters. The standard InChI is InChI=1S/C20H31NO6S/c1-19(2,3)26-17(22)12-21-11-15-8-7-9-16(10-15)13-28(24,25)14-18(23)27-20(4,5)6/h7-10,21H,11-14H2,1-6H3. The highest BCUT2D eigenvalue weighted by Crippen LogP contribution is 2.13. The van der Waals surface area contributed by atoms with Gasteiger partial charge in [-0.15, -0.1) is 0 Å². The summed E-state index contributed by atoms with van der Waals surface area (Å²) >= 11 is 0. The SMILES string of the molecule is CC(C)(C)OC(=O)CNCc1cccc(CS(=O)(=O)CC(=O)OC(C)(C)C)c1. The van der Waals surface area contributed by atoms with Crippen LogP contribution in [-0.2, 0) is 41.2 Å². The summed E-state index contributed by atoms with van der Waals surface area (Å²) in [6, 6.07) is 6.98. The Morgan fingerprint density at radius 1 is 0.929 bits per heavy atom. The van der Waals surface area contributed by atoms with Crippen LogP contribution in [0.3, 0.4) is 0 Å². The summed E-state index contributed by atoms with van der Waals surface area (Å²) in [5.74, 6) is -2.04.